The van der Waals surface area contributed by atoms with Gasteiger partial charge in [0.2, 0.25) is 10.0 Å². The fourth-order valence-corrected chi connectivity index (χ4v) is 5.79. The number of hydrogen-bond acceptors (Lipinski definition) is 8. The molecule has 4 rings (SSSR count). The molecule has 1 aromatic heterocycles. The Morgan fingerprint density at radius 1 is 1.10 bits per heavy atom. The molecule has 10 nitrogen and oxygen atoms in total. The fourth-order valence-electron chi connectivity index (χ4n) is 4.25. The Balaban J connectivity index is 1.50. The molecule has 2 aromatic rings. The highest BCUT2D eigenvalue weighted by molar-refractivity contribution is 7.89. The van der Waals surface area contributed by atoms with Crippen LogP contribution >= 0.6 is 0 Å². The number of piperazine rings is 1. The van der Waals surface area contributed by atoms with E-state index in [4.69, 9.17) is 4.52 Å². The van der Waals surface area contributed by atoms with Crippen molar-refractivity contribution in [2.24, 2.45) is 0 Å². The average Bonchev–Trinajstić information content (AvgIpc) is 3.41. The topological polar surface area (TPSA) is 113 Å². The van der Waals surface area contributed by atoms with Crippen LogP contribution < -0.4 is 4.90 Å². The van der Waals surface area contributed by atoms with Crippen molar-refractivity contribution in [1.29, 1.82) is 0 Å². The highest BCUT2D eigenvalue weighted by Crippen LogP contribution is 2.33. The van der Waals surface area contributed by atoms with Crippen molar-refractivity contribution >= 4 is 21.4 Å². The molecular formula is C20H27N5O5S. The minimum absolute atomic E-state index is 0.0121. The number of nitro benzene ring substituents is 1. The summed E-state index contributed by atoms with van der Waals surface area (Å²) in [5.74, 6) is 0.811. The van der Waals surface area contributed by atoms with Crippen LogP contribution in [0.4, 0.5) is 11.4 Å². The van der Waals surface area contributed by atoms with Gasteiger partial charge in [0.1, 0.15) is 11.4 Å². The Morgan fingerprint density at radius 2 is 1.77 bits per heavy atom. The lowest BCUT2D eigenvalue weighted by atomic mass is 10.1. The van der Waals surface area contributed by atoms with Gasteiger partial charge in [-0.2, -0.15) is 4.31 Å². The molecule has 0 saturated carbocycles. The van der Waals surface area contributed by atoms with Crippen LogP contribution in [0.1, 0.15) is 29.9 Å². The van der Waals surface area contributed by atoms with Crippen molar-refractivity contribution in [2.75, 3.05) is 44.2 Å². The molecule has 0 bridgehead atoms. The van der Waals surface area contributed by atoms with E-state index >= 15 is 0 Å². The number of anilines is 1. The summed E-state index contributed by atoms with van der Waals surface area (Å²) in [7, 11) is -3.70. The Morgan fingerprint density at radius 3 is 2.35 bits per heavy atom. The molecule has 2 fully saturated rings. The molecule has 0 radical (unpaired) electrons. The smallest absolute Gasteiger partial charge is 0.293 e. The van der Waals surface area contributed by atoms with Crippen LogP contribution in [0.3, 0.4) is 0 Å². The molecule has 0 N–H and O–H groups in total. The maximum Gasteiger partial charge on any atom is 0.293 e. The quantitative estimate of drug-likeness (QED) is 0.488. The molecule has 168 valence electrons. The van der Waals surface area contributed by atoms with E-state index in [0.29, 0.717) is 31.9 Å². The summed E-state index contributed by atoms with van der Waals surface area (Å²) in [6.45, 7) is 8.16. The van der Waals surface area contributed by atoms with E-state index in [-0.39, 0.29) is 10.6 Å². The van der Waals surface area contributed by atoms with Crippen LogP contribution in [-0.4, -0.2) is 67.0 Å². The second-order valence-corrected chi connectivity index (χ2v) is 10.0. The number of nitro groups is 1. The van der Waals surface area contributed by atoms with Gasteiger partial charge in [0.25, 0.3) is 5.69 Å². The van der Waals surface area contributed by atoms with E-state index in [9.17, 15) is 18.5 Å². The van der Waals surface area contributed by atoms with Crippen LogP contribution in [0, 0.1) is 24.0 Å². The van der Waals surface area contributed by atoms with Crippen LogP contribution in [0.5, 0.6) is 0 Å². The molecular weight excluding hydrogens is 422 g/mol. The number of aryl methyl sites for hydroxylation is 2. The van der Waals surface area contributed by atoms with Crippen LogP contribution in [-0.2, 0) is 16.6 Å². The van der Waals surface area contributed by atoms with E-state index in [2.05, 4.69) is 10.1 Å². The molecule has 2 aliphatic rings. The summed E-state index contributed by atoms with van der Waals surface area (Å²) in [6, 6.07) is 4.27. The van der Waals surface area contributed by atoms with Crippen LogP contribution in [0.2, 0.25) is 0 Å². The van der Waals surface area contributed by atoms with Gasteiger partial charge in [-0.25, -0.2) is 8.42 Å². The average molecular weight is 450 g/mol. The van der Waals surface area contributed by atoms with Gasteiger partial charge in [0, 0.05) is 57.4 Å². The third kappa shape index (κ3) is 4.30. The SMILES string of the molecule is Cc1noc(C)c1CN1CCN(c2ccc(S(=O)(=O)N3CCCC3)cc2[N+](=O)[O-])CC1. The van der Waals surface area contributed by atoms with E-state index < -0.39 is 14.9 Å². The third-order valence-electron chi connectivity index (χ3n) is 6.12. The van der Waals surface area contributed by atoms with Crippen LogP contribution in [0.15, 0.2) is 27.6 Å². The standard InChI is InChI=1S/C20H27N5O5S/c1-15-18(16(2)30-21-15)14-22-9-11-23(12-10-22)19-6-5-17(13-20(19)25(26)27)31(28,29)24-7-3-4-8-24/h5-6,13H,3-4,7-12,14H2,1-2H3. The summed E-state index contributed by atoms with van der Waals surface area (Å²) < 4.78 is 32.3. The molecule has 2 saturated heterocycles. The molecule has 11 heteroatoms. The fraction of sp³-hybridized carbons (Fsp3) is 0.550. The normalized spacial score (nSPS) is 18.6. The number of benzene rings is 1. The molecule has 3 heterocycles. The zero-order chi connectivity index (χ0) is 22.2. The Labute approximate surface area is 181 Å². The Bertz CT molecular complexity index is 1050. The van der Waals surface area contributed by atoms with Gasteiger partial charge in [0.05, 0.1) is 15.5 Å². The first-order valence-corrected chi connectivity index (χ1v) is 11.9. The maximum absolute atomic E-state index is 12.8. The monoisotopic (exact) mass is 449 g/mol. The molecule has 0 atom stereocenters. The molecule has 1 aromatic carbocycles. The number of aromatic nitrogens is 1. The van der Waals surface area contributed by atoms with Gasteiger partial charge in [-0.3, -0.25) is 15.0 Å². The van der Waals surface area contributed by atoms with E-state index in [1.165, 1.54) is 16.4 Å². The van der Waals surface area contributed by atoms with E-state index in [1.54, 1.807) is 6.07 Å². The van der Waals surface area contributed by atoms with Gasteiger partial charge >= 0.3 is 0 Å². The zero-order valence-electron chi connectivity index (χ0n) is 17.8. The van der Waals surface area contributed by atoms with Crippen molar-refractivity contribution in [3.8, 4) is 0 Å². The molecule has 0 unspecified atom stereocenters. The van der Waals surface area contributed by atoms with Gasteiger partial charge in [0.15, 0.2) is 0 Å². The summed E-state index contributed by atoms with van der Waals surface area (Å²) in [4.78, 5) is 15.5. The van der Waals surface area contributed by atoms with Crippen molar-refractivity contribution in [3.05, 3.63) is 45.3 Å². The Kier molecular flexibility index (Phi) is 6.00. The van der Waals surface area contributed by atoms with Gasteiger partial charge in [-0.1, -0.05) is 5.16 Å². The van der Waals surface area contributed by atoms with Crippen molar-refractivity contribution in [2.45, 2.75) is 38.1 Å². The summed E-state index contributed by atoms with van der Waals surface area (Å²) in [5, 5.41) is 15.8. The molecule has 0 amide bonds. The molecule has 0 aliphatic carbocycles. The number of hydrogen-bond donors (Lipinski definition) is 0. The van der Waals surface area contributed by atoms with Crippen molar-refractivity contribution in [3.63, 3.8) is 0 Å². The first-order chi connectivity index (χ1) is 14.8. The Hall–Kier alpha value is -2.50. The van der Waals surface area contributed by atoms with Gasteiger partial charge < -0.3 is 9.42 Å². The first kappa shape index (κ1) is 21.7. The maximum atomic E-state index is 12.8. The minimum Gasteiger partial charge on any atom is -0.363 e. The zero-order valence-corrected chi connectivity index (χ0v) is 18.6. The molecule has 2 aliphatic heterocycles. The van der Waals surface area contributed by atoms with Gasteiger partial charge in [-0.15, -0.1) is 0 Å². The molecule has 0 spiro atoms. The number of rotatable bonds is 6. The molecule has 31 heavy (non-hydrogen) atoms. The first-order valence-electron chi connectivity index (χ1n) is 10.4. The third-order valence-corrected chi connectivity index (χ3v) is 8.02. The van der Waals surface area contributed by atoms with Gasteiger partial charge in [-0.05, 0) is 38.8 Å². The van der Waals surface area contributed by atoms with E-state index in [0.717, 1.165) is 49.5 Å². The second kappa shape index (κ2) is 8.56. The minimum atomic E-state index is -3.70. The number of nitrogens with zero attached hydrogens (tertiary/aromatic N) is 5. The predicted molar refractivity (Wildman–Crippen MR) is 115 cm³/mol. The summed E-state index contributed by atoms with van der Waals surface area (Å²) >= 11 is 0. The predicted octanol–water partition coefficient (Wildman–Crippen LogP) is 2.31. The number of sulfonamides is 1. The largest absolute Gasteiger partial charge is 0.363 e. The van der Waals surface area contributed by atoms with E-state index in [1.807, 2.05) is 18.7 Å². The van der Waals surface area contributed by atoms with Crippen molar-refractivity contribution in [1.82, 2.24) is 14.4 Å². The summed E-state index contributed by atoms with van der Waals surface area (Å²) in [6.07, 6.45) is 1.63. The van der Waals surface area contributed by atoms with Crippen molar-refractivity contribution < 1.29 is 17.9 Å². The summed E-state index contributed by atoms with van der Waals surface area (Å²) in [5.41, 5.74) is 2.25. The highest BCUT2D eigenvalue weighted by atomic mass is 32.2. The lowest BCUT2D eigenvalue weighted by Gasteiger charge is -2.35. The lowest BCUT2D eigenvalue weighted by molar-refractivity contribution is -0.384. The second-order valence-electron chi connectivity index (χ2n) is 8.08. The van der Waals surface area contributed by atoms with Crippen LogP contribution in [0.25, 0.3) is 0 Å². The highest BCUT2D eigenvalue weighted by Gasteiger charge is 2.31. The lowest BCUT2D eigenvalue weighted by Crippen LogP contribution is -2.46.